The van der Waals surface area contributed by atoms with Crippen molar-refractivity contribution in [2.75, 3.05) is 5.75 Å². The number of pyridine rings is 1. The van der Waals surface area contributed by atoms with Crippen molar-refractivity contribution in [2.24, 2.45) is 10.9 Å². The number of hydrogen-bond acceptors (Lipinski definition) is 4. The number of amidine groups is 1. The summed E-state index contributed by atoms with van der Waals surface area (Å²) in [6, 6.07) is 3.68. The van der Waals surface area contributed by atoms with Crippen molar-refractivity contribution in [3.05, 3.63) is 23.4 Å². The Bertz CT molecular complexity index is 352. The number of thioether (sulfide) groups is 1. The summed E-state index contributed by atoms with van der Waals surface area (Å²) in [7, 11) is 0. The highest BCUT2D eigenvalue weighted by molar-refractivity contribution is 7.99. The van der Waals surface area contributed by atoms with Crippen LogP contribution in [0.15, 0.2) is 22.3 Å². The number of aromatic nitrogens is 1. The Morgan fingerprint density at radius 1 is 1.64 bits per heavy atom. The van der Waals surface area contributed by atoms with Gasteiger partial charge in [0.25, 0.3) is 0 Å². The van der Waals surface area contributed by atoms with Gasteiger partial charge in [-0.05, 0) is 24.8 Å². The molecule has 0 unspecified atom stereocenters. The van der Waals surface area contributed by atoms with Gasteiger partial charge in [0, 0.05) is 11.3 Å². The lowest BCUT2D eigenvalue weighted by Crippen LogP contribution is -2.15. The predicted molar refractivity (Wildman–Crippen MR) is 57.9 cm³/mol. The fourth-order valence-electron chi connectivity index (χ4n) is 1.09. The van der Waals surface area contributed by atoms with Gasteiger partial charge in [-0.25, -0.2) is 4.98 Å². The first kappa shape index (κ1) is 10.8. The number of aryl methyl sites for hydroxylation is 1. The van der Waals surface area contributed by atoms with Crippen molar-refractivity contribution in [3.63, 3.8) is 0 Å². The van der Waals surface area contributed by atoms with Crippen LogP contribution in [-0.2, 0) is 0 Å². The van der Waals surface area contributed by atoms with E-state index in [2.05, 4.69) is 17.1 Å². The van der Waals surface area contributed by atoms with E-state index >= 15 is 0 Å². The second-order valence-electron chi connectivity index (χ2n) is 2.70. The fourth-order valence-corrected chi connectivity index (χ4v) is 1.75. The maximum atomic E-state index is 8.52. The standard InChI is InChI=1S/C9H13N3OS/c1-3-14-8-5-4-7(6(2)11-8)9(10)12-13/h4-5,13H,3H2,1-2H3,(H2,10,12). The fraction of sp³-hybridized carbons (Fsp3) is 0.333. The zero-order valence-corrected chi connectivity index (χ0v) is 9.01. The van der Waals surface area contributed by atoms with Gasteiger partial charge in [0.15, 0.2) is 5.84 Å². The van der Waals surface area contributed by atoms with Crippen molar-refractivity contribution in [3.8, 4) is 0 Å². The van der Waals surface area contributed by atoms with Crippen LogP contribution >= 0.6 is 11.8 Å². The Hall–Kier alpha value is -1.23. The first-order valence-electron chi connectivity index (χ1n) is 4.27. The molecule has 0 atom stereocenters. The van der Waals surface area contributed by atoms with Gasteiger partial charge in [0.05, 0.1) is 5.03 Å². The van der Waals surface area contributed by atoms with E-state index in [0.29, 0.717) is 5.56 Å². The van der Waals surface area contributed by atoms with Crippen molar-refractivity contribution >= 4 is 17.6 Å². The normalized spacial score (nSPS) is 11.7. The summed E-state index contributed by atoms with van der Waals surface area (Å²) in [6.07, 6.45) is 0. The Kier molecular flexibility index (Phi) is 3.76. The number of oxime groups is 1. The van der Waals surface area contributed by atoms with E-state index in [4.69, 9.17) is 10.9 Å². The van der Waals surface area contributed by atoms with Gasteiger partial charge in [-0.15, -0.1) is 11.8 Å². The lowest BCUT2D eigenvalue weighted by atomic mass is 10.2. The zero-order valence-electron chi connectivity index (χ0n) is 8.19. The Labute approximate surface area is 87.2 Å². The minimum Gasteiger partial charge on any atom is -0.409 e. The summed E-state index contributed by atoms with van der Waals surface area (Å²) in [5.41, 5.74) is 6.92. The van der Waals surface area contributed by atoms with Crippen LogP contribution in [-0.4, -0.2) is 21.8 Å². The monoisotopic (exact) mass is 211 g/mol. The quantitative estimate of drug-likeness (QED) is 0.262. The molecular formula is C9H13N3OS. The average Bonchev–Trinajstić information content (AvgIpc) is 2.17. The molecule has 1 aromatic heterocycles. The molecule has 0 amide bonds. The van der Waals surface area contributed by atoms with Crippen molar-refractivity contribution in [1.82, 2.24) is 4.98 Å². The van der Waals surface area contributed by atoms with Crippen molar-refractivity contribution in [1.29, 1.82) is 0 Å². The summed E-state index contributed by atoms with van der Waals surface area (Å²) < 4.78 is 0. The molecule has 0 bridgehead atoms. The summed E-state index contributed by atoms with van der Waals surface area (Å²) in [4.78, 5) is 4.32. The third kappa shape index (κ3) is 2.38. The van der Waals surface area contributed by atoms with Crippen LogP contribution in [0.5, 0.6) is 0 Å². The van der Waals surface area contributed by atoms with Gasteiger partial charge >= 0.3 is 0 Å². The molecule has 3 N–H and O–H groups in total. The van der Waals surface area contributed by atoms with E-state index in [1.165, 1.54) is 0 Å². The van der Waals surface area contributed by atoms with Gasteiger partial charge in [0.2, 0.25) is 0 Å². The molecule has 0 radical (unpaired) electrons. The molecule has 0 aliphatic rings. The van der Waals surface area contributed by atoms with Crippen LogP contribution in [0.1, 0.15) is 18.2 Å². The van der Waals surface area contributed by atoms with E-state index in [9.17, 15) is 0 Å². The number of nitrogens with zero attached hydrogens (tertiary/aromatic N) is 2. The lowest BCUT2D eigenvalue weighted by molar-refractivity contribution is 0.318. The van der Waals surface area contributed by atoms with Gasteiger partial charge in [-0.1, -0.05) is 12.1 Å². The van der Waals surface area contributed by atoms with E-state index in [0.717, 1.165) is 16.5 Å². The molecule has 0 spiro atoms. The maximum absolute atomic E-state index is 8.52. The molecule has 0 saturated heterocycles. The molecule has 4 nitrogen and oxygen atoms in total. The Morgan fingerprint density at radius 2 is 2.36 bits per heavy atom. The molecule has 0 aromatic carbocycles. The lowest BCUT2D eigenvalue weighted by Gasteiger charge is -2.04. The molecule has 5 heteroatoms. The van der Waals surface area contributed by atoms with Crippen LogP contribution in [0.25, 0.3) is 0 Å². The summed E-state index contributed by atoms with van der Waals surface area (Å²) >= 11 is 1.66. The van der Waals surface area contributed by atoms with Crippen molar-refractivity contribution in [2.45, 2.75) is 18.9 Å². The highest BCUT2D eigenvalue weighted by Crippen LogP contribution is 2.16. The molecule has 76 valence electrons. The van der Waals surface area contributed by atoms with E-state index in [1.807, 2.05) is 19.1 Å². The third-order valence-corrected chi connectivity index (χ3v) is 2.55. The molecule has 1 rings (SSSR count). The summed E-state index contributed by atoms with van der Waals surface area (Å²) in [6.45, 7) is 3.91. The third-order valence-electron chi connectivity index (χ3n) is 1.74. The first-order valence-corrected chi connectivity index (χ1v) is 5.26. The predicted octanol–water partition coefficient (Wildman–Crippen LogP) is 1.60. The molecule has 0 fully saturated rings. The SMILES string of the molecule is CCSc1ccc(/C(N)=N/O)c(C)n1. The van der Waals surface area contributed by atoms with E-state index in [-0.39, 0.29) is 5.84 Å². The van der Waals surface area contributed by atoms with E-state index < -0.39 is 0 Å². The van der Waals surface area contributed by atoms with Gasteiger partial charge in [-0.3, -0.25) is 0 Å². The minimum absolute atomic E-state index is 0.100. The van der Waals surface area contributed by atoms with Crippen molar-refractivity contribution < 1.29 is 5.21 Å². The molecular weight excluding hydrogens is 198 g/mol. The van der Waals surface area contributed by atoms with E-state index in [1.54, 1.807) is 11.8 Å². The number of hydrogen-bond donors (Lipinski definition) is 2. The van der Waals surface area contributed by atoms with Gasteiger partial charge in [0.1, 0.15) is 0 Å². The molecule has 0 aliphatic heterocycles. The van der Waals surface area contributed by atoms with Gasteiger partial charge < -0.3 is 10.9 Å². The number of nitrogens with two attached hydrogens (primary N) is 1. The molecule has 1 heterocycles. The van der Waals surface area contributed by atoms with Crippen LogP contribution < -0.4 is 5.73 Å². The first-order chi connectivity index (χ1) is 6.69. The zero-order chi connectivity index (χ0) is 10.6. The molecule has 0 aliphatic carbocycles. The Balaban J connectivity index is 3.01. The molecule has 1 aromatic rings. The van der Waals surface area contributed by atoms with Crippen LogP contribution in [0.2, 0.25) is 0 Å². The van der Waals surface area contributed by atoms with Crippen LogP contribution in [0.3, 0.4) is 0 Å². The highest BCUT2D eigenvalue weighted by atomic mass is 32.2. The summed E-state index contributed by atoms with van der Waals surface area (Å²) in [5.74, 6) is 1.08. The smallest absolute Gasteiger partial charge is 0.171 e. The highest BCUT2D eigenvalue weighted by Gasteiger charge is 2.05. The largest absolute Gasteiger partial charge is 0.409 e. The molecule has 0 saturated carbocycles. The van der Waals surface area contributed by atoms with Gasteiger partial charge in [-0.2, -0.15) is 0 Å². The number of rotatable bonds is 3. The van der Waals surface area contributed by atoms with Crippen LogP contribution in [0, 0.1) is 6.92 Å². The second kappa shape index (κ2) is 4.85. The second-order valence-corrected chi connectivity index (χ2v) is 3.99. The Morgan fingerprint density at radius 3 is 2.86 bits per heavy atom. The minimum atomic E-state index is 0.100. The summed E-state index contributed by atoms with van der Waals surface area (Å²) in [5, 5.41) is 12.4. The van der Waals surface area contributed by atoms with Crippen LogP contribution in [0.4, 0.5) is 0 Å². The topological polar surface area (TPSA) is 71.5 Å². The maximum Gasteiger partial charge on any atom is 0.171 e. The molecule has 14 heavy (non-hydrogen) atoms. The average molecular weight is 211 g/mol.